The van der Waals surface area contributed by atoms with Gasteiger partial charge in [0, 0.05) is 37.7 Å². The number of amides is 2. The Kier molecular flexibility index (Phi) is 3.33. The summed E-state index contributed by atoms with van der Waals surface area (Å²) in [5, 5.41) is 0. The summed E-state index contributed by atoms with van der Waals surface area (Å²) in [5.41, 5.74) is 0.827. The zero-order valence-electron chi connectivity index (χ0n) is 10.1. The van der Waals surface area contributed by atoms with Crippen molar-refractivity contribution in [2.24, 2.45) is 5.41 Å². The van der Waals surface area contributed by atoms with Crippen molar-refractivity contribution in [3.63, 3.8) is 0 Å². The zero-order valence-corrected chi connectivity index (χ0v) is 10.9. The molecule has 0 unspecified atom stereocenters. The average molecular weight is 255 g/mol. The Morgan fingerprint density at radius 3 is 2.53 bits per heavy atom. The number of rotatable bonds is 3. The standard InChI is InChI=1S/C11H17N3O2S/c1-11(2)5-9(15)14(10(16)6-11)4-3-8-7-12-17-13-8/h7,12-13H,3-6H2,1-2H3. The summed E-state index contributed by atoms with van der Waals surface area (Å²) >= 11 is 1.39. The SMILES string of the molecule is CC1(C)CC(=O)N(CCC2=CNSN2)C(=O)C1. The van der Waals surface area contributed by atoms with Crippen LogP contribution >= 0.6 is 12.1 Å². The monoisotopic (exact) mass is 255 g/mol. The third-order valence-electron chi connectivity index (χ3n) is 2.94. The topological polar surface area (TPSA) is 61.4 Å². The molecule has 94 valence electrons. The number of hydrogen-bond acceptors (Lipinski definition) is 5. The first kappa shape index (κ1) is 12.3. The molecule has 0 aromatic heterocycles. The lowest BCUT2D eigenvalue weighted by atomic mass is 9.82. The predicted octanol–water partition coefficient (Wildman–Crippen LogP) is 1.15. The van der Waals surface area contributed by atoms with Gasteiger partial charge in [-0.2, -0.15) is 0 Å². The molecule has 2 N–H and O–H groups in total. The van der Waals surface area contributed by atoms with Crippen LogP contribution in [0.15, 0.2) is 11.9 Å². The van der Waals surface area contributed by atoms with Crippen molar-refractivity contribution in [3.05, 3.63) is 11.9 Å². The molecule has 2 aliphatic rings. The van der Waals surface area contributed by atoms with Gasteiger partial charge >= 0.3 is 0 Å². The van der Waals surface area contributed by atoms with Gasteiger partial charge in [-0.25, -0.2) is 0 Å². The van der Waals surface area contributed by atoms with Crippen molar-refractivity contribution in [1.29, 1.82) is 0 Å². The molecule has 0 aromatic carbocycles. The molecule has 2 aliphatic heterocycles. The average Bonchev–Trinajstić information content (AvgIpc) is 2.67. The van der Waals surface area contributed by atoms with Gasteiger partial charge in [0.25, 0.3) is 0 Å². The normalized spacial score (nSPS) is 23.2. The van der Waals surface area contributed by atoms with Crippen LogP contribution in [0.4, 0.5) is 0 Å². The number of nitrogens with zero attached hydrogens (tertiary/aromatic N) is 1. The van der Waals surface area contributed by atoms with Crippen LogP contribution in [0.1, 0.15) is 33.1 Å². The first-order valence-corrected chi connectivity index (χ1v) is 6.49. The second kappa shape index (κ2) is 4.60. The molecular weight excluding hydrogens is 238 g/mol. The van der Waals surface area contributed by atoms with E-state index in [2.05, 4.69) is 9.44 Å². The van der Waals surface area contributed by atoms with Crippen molar-refractivity contribution in [2.75, 3.05) is 6.54 Å². The van der Waals surface area contributed by atoms with E-state index in [1.807, 2.05) is 20.0 Å². The van der Waals surface area contributed by atoms with Gasteiger partial charge in [-0.05, 0) is 5.41 Å². The number of piperidine rings is 1. The van der Waals surface area contributed by atoms with E-state index >= 15 is 0 Å². The van der Waals surface area contributed by atoms with Crippen LogP contribution in [0.25, 0.3) is 0 Å². The molecule has 17 heavy (non-hydrogen) atoms. The van der Waals surface area contributed by atoms with E-state index in [4.69, 9.17) is 0 Å². The fourth-order valence-corrected chi connectivity index (χ4v) is 2.59. The van der Waals surface area contributed by atoms with Gasteiger partial charge in [0.15, 0.2) is 0 Å². The smallest absolute Gasteiger partial charge is 0.229 e. The Morgan fingerprint density at radius 2 is 2.00 bits per heavy atom. The van der Waals surface area contributed by atoms with Gasteiger partial charge in [-0.1, -0.05) is 13.8 Å². The maximum atomic E-state index is 11.9. The minimum absolute atomic E-state index is 0.0505. The summed E-state index contributed by atoms with van der Waals surface area (Å²) in [7, 11) is 0. The number of likely N-dealkylation sites (tertiary alicyclic amines) is 1. The predicted molar refractivity (Wildman–Crippen MR) is 66.3 cm³/mol. The summed E-state index contributed by atoms with van der Waals surface area (Å²) in [5.74, 6) is -0.101. The van der Waals surface area contributed by atoms with Crippen molar-refractivity contribution in [3.8, 4) is 0 Å². The van der Waals surface area contributed by atoms with E-state index in [0.717, 1.165) is 5.70 Å². The number of hydrogen-bond donors (Lipinski definition) is 2. The lowest BCUT2D eigenvalue weighted by molar-refractivity contribution is -0.152. The third-order valence-corrected chi connectivity index (χ3v) is 3.54. The first-order chi connectivity index (χ1) is 7.98. The molecule has 0 aliphatic carbocycles. The fourth-order valence-electron chi connectivity index (χ4n) is 2.04. The number of imide groups is 1. The summed E-state index contributed by atoms with van der Waals surface area (Å²) in [6.45, 7) is 4.39. The highest BCUT2D eigenvalue weighted by atomic mass is 32.2. The highest BCUT2D eigenvalue weighted by Gasteiger charge is 2.37. The van der Waals surface area contributed by atoms with Crippen LogP contribution in [-0.4, -0.2) is 23.3 Å². The molecule has 2 amide bonds. The Balaban J connectivity index is 1.92. The third kappa shape index (κ3) is 2.94. The molecule has 0 bridgehead atoms. The van der Waals surface area contributed by atoms with E-state index in [1.54, 1.807) is 0 Å². The Bertz CT molecular complexity index is 359. The molecule has 0 saturated carbocycles. The molecular formula is C11H17N3O2S. The quantitative estimate of drug-likeness (QED) is 0.585. The lowest BCUT2D eigenvalue weighted by Crippen LogP contribution is -2.46. The second-order valence-corrected chi connectivity index (χ2v) is 5.84. The maximum absolute atomic E-state index is 11.9. The summed E-state index contributed by atoms with van der Waals surface area (Å²) in [6.07, 6.45) is 3.45. The molecule has 2 heterocycles. The molecule has 1 fully saturated rings. The minimum atomic E-state index is -0.188. The highest BCUT2D eigenvalue weighted by molar-refractivity contribution is 7.95. The van der Waals surface area contributed by atoms with Gasteiger partial charge in [0.2, 0.25) is 11.8 Å². The van der Waals surface area contributed by atoms with Crippen LogP contribution in [-0.2, 0) is 9.59 Å². The van der Waals surface area contributed by atoms with E-state index < -0.39 is 0 Å². The molecule has 0 spiro atoms. The van der Waals surface area contributed by atoms with E-state index in [1.165, 1.54) is 17.0 Å². The highest BCUT2D eigenvalue weighted by Crippen LogP contribution is 2.31. The summed E-state index contributed by atoms with van der Waals surface area (Å²) in [6, 6.07) is 0. The molecule has 0 aromatic rings. The summed E-state index contributed by atoms with van der Waals surface area (Å²) < 4.78 is 6.01. The maximum Gasteiger partial charge on any atom is 0.229 e. The van der Waals surface area contributed by atoms with Crippen LogP contribution < -0.4 is 9.44 Å². The largest absolute Gasteiger partial charge is 0.317 e. The zero-order chi connectivity index (χ0) is 12.5. The molecule has 0 radical (unpaired) electrons. The van der Waals surface area contributed by atoms with Gasteiger partial charge in [-0.3, -0.25) is 14.5 Å². The molecule has 0 atom stereocenters. The van der Waals surface area contributed by atoms with Crippen molar-refractivity contribution in [2.45, 2.75) is 33.1 Å². The Hall–Kier alpha value is -1.17. The van der Waals surface area contributed by atoms with E-state index in [-0.39, 0.29) is 17.2 Å². The molecule has 6 heteroatoms. The first-order valence-electron chi connectivity index (χ1n) is 5.68. The van der Waals surface area contributed by atoms with Crippen LogP contribution in [0.3, 0.4) is 0 Å². The van der Waals surface area contributed by atoms with E-state index in [9.17, 15) is 9.59 Å². The molecule has 5 nitrogen and oxygen atoms in total. The second-order valence-electron chi connectivity index (χ2n) is 5.20. The number of carbonyl (C=O) groups is 2. The van der Waals surface area contributed by atoms with Crippen LogP contribution in [0, 0.1) is 5.41 Å². The summed E-state index contributed by atoms with van der Waals surface area (Å²) in [4.78, 5) is 25.1. The van der Waals surface area contributed by atoms with Gasteiger partial charge in [0.1, 0.15) is 0 Å². The van der Waals surface area contributed by atoms with E-state index in [0.29, 0.717) is 25.8 Å². The minimum Gasteiger partial charge on any atom is -0.317 e. The Morgan fingerprint density at radius 1 is 1.35 bits per heavy atom. The van der Waals surface area contributed by atoms with Gasteiger partial charge < -0.3 is 9.44 Å². The van der Waals surface area contributed by atoms with Crippen LogP contribution in [0.2, 0.25) is 0 Å². The Labute approximate surface area is 105 Å². The molecule has 2 rings (SSSR count). The van der Waals surface area contributed by atoms with Gasteiger partial charge in [-0.15, -0.1) is 0 Å². The van der Waals surface area contributed by atoms with Gasteiger partial charge in [0.05, 0.1) is 12.1 Å². The molecule has 1 saturated heterocycles. The van der Waals surface area contributed by atoms with Crippen LogP contribution in [0.5, 0.6) is 0 Å². The van der Waals surface area contributed by atoms with Crippen molar-refractivity contribution >= 4 is 23.9 Å². The van der Waals surface area contributed by atoms with Crippen molar-refractivity contribution < 1.29 is 9.59 Å². The van der Waals surface area contributed by atoms with Crippen molar-refractivity contribution in [1.82, 2.24) is 14.3 Å². The number of nitrogens with one attached hydrogen (secondary N) is 2. The lowest BCUT2D eigenvalue weighted by Gasteiger charge is -2.34. The number of carbonyl (C=O) groups excluding carboxylic acids is 2. The fraction of sp³-hybridized carbons (Fsp3) is 0.636.